The molecule has 0 aliphatic carbocycles. The fourth-order valence-electron chi connectivity index (χ4n) is 4.22. The van der Waals surface area contributed by atoms with E-state index in [1.165, 1.54) is 0 Å². The van der Waals surface area contributed by atoms with Gasteiger partial charge in [-0.25, -0.2) is 9.59 Å². The molecule has 2 heterocycles. The van der Waals surface area contributed by atoms with Crippen LogP contribution in [0, 0.1) is 13.8 Å². The number of carboxylic acids is 1. The Morgan fingerprint density at radius 3 is 2.39 bits per heavy atom. The van der Waals surface area contributed by atoms with E-state index in [1.807, 2.05) is 50.2 Å². The summed E-state index contributed by atoms with van der Waals surface area (Å²) in [6.07, 6.45) is 0.663. The van der Waals surface area contributed by atoms with E-state index in [-0.39, 0.29) is 12.0 Å². The molecule has 0 saturated heterocycles. The minimum absolute atomic E-state index is 0.210. The monoisotopic (exact) mass is 447 g/mol. The Labute approximate surface area is 190 Å². The Kier molecular flexibility index (Phi) is 6.05. The number of carbonyl (C=O) groups is 2. The lowest BCUT2D eigenvalue weighted by Crippen LogP contribution is -2.41. The van der Waals surface area contributed by atoms with Gasteiger partial charge >= 0.3 is 11.6 Å². The lowest BCUT2D eigenvalue weighted by molar-refractivity contribution is -0.141. The van der Waals surface area contributed by atoms with Crippen LogP contribution < -0.4 is 10.9 Å². The number of hydrogen-bond acceptors (Lipinski definition) is 5. The van der Waals surface area contributed by atoms with Crippen LogP contribution in [0.15, 0.2) is 56.1 Å². The number of fused-ring (bicyclic) bond motifs is 2. The lowest BCUT2D eigenvalue weighted by Gasteiger charge is -2.14. The SMILES string of the molecule is CCC[C@H](NC(=O)Cc1c(C)c2cc3c(-c4ccccc4)c(C)oc3cc2oc1=O)C(=O)O. The van der Waals surface area contributed by atoms with Crippen LogP contribution >= 0.6 is 0 Å². The zero-order valence-electron chi connectivity index (χ0n) is 18.7. The Morgan fingerprint density at radius 2 is 1.73 bits per heavy atom. The summed E-state index contributed by atoms with van der Waals surface area (Å²) >= 11 is 0. The molecule has 2 aromatic carbocycles. The second kappa shape index (κ2) is 8.94. The summed E-state index contributed by atoms with van der Waals surface area (Å²) in [4.78, 5) is 36.6. The van der Waals surface area contributed by atoms with Gasteiger partial charge in [-0.15, -0.1) is 0 Å². The molecule has 0 aliphatic rings. The Bertz CT molecular complexity index is 1410. The number of furan rings is 1. The largest absolute Gasteiger partial charge is 0.480 e. The van der Waals surface area contributed by atoms with Gasteiger partial charge in [0.2, 0.25) is 5.91 Å². The molecule has 170 valence electrons. The summed E-state index contributed by atoms with van der Waals surface area (Å²) in [6, 6.07) is 12.5. The highest BCUT2D eigenvalue weighted by molar-refractivity contribution is 6.03. The van der Waals surface area contributed by atoms with Gasteiger partial charge in [0.1, 0.15) is 23.0 Å². The van der Waals surface area contributed by atoms with Crippen molar-refractivity contribution in [3.05, 3.63) is 69.8 Å². The maximum absolute atomic E-state index is 12.7. The van der Waals surface area contributed by atoms with Crippen LogP contribution in [0.2, 0.25) is 0 Å². The number of rotatable bonds is 7. The highest BCUT2D eigenvalue weighted by atomic mass is 16.4. The van der Waals surface area contributed by atoms with Gasteiger partial charge < -0.3 is 19.3 Å². The van der Waals surface area contributed by atoms with Crippen LogP contribution in [0.25, 0.3) is 33.1 Å². The average Bonchev–Trinajstić information content (AvgIpc) is 3.10. The van der Waals surface area contributed by atoms with Crippen molar-refractivity contribution in [2.45, 2.75) is 46.1 Å². The van der Waals surface area contributed by atoms with Gasteiger partial charge in [0.15, 0.2) is 0 Å². The van der Waals surface area contributed by atoms with Gasteiger partial charge in [-0.1, -0.05) is 43.7 Å². The first kappa shape index (κ1) is 22.3. The van der Waals surface area contributed by atoms with Crippen molar-refractivity contribution in [2.24, 2.45) is 0 Å². The second-order valence-corrected chi connectivity index (χ2v) is 8.16. The molecular formula is C26H25NO6. The van der Waals surface area contributed by atoms with Crippen LogP contribution in [0.5, 0.6) is 0 Å². The number of hydrogen-bond donors (Lipinski definition) is 2. The highest BCUT2D eigenvalue weighted by Crippen LogP contribution is 2.37. The Hall–Kier alpha value is -3.87. The molecule has 4 aromatic rings. The molecule has 7 nitrogen and oxygen atoms in total. The predicted molar refractivity (Wildman–Crippen MR) is 125 cm³/mol. The first-order valence-corrected chi connectivity index (χ1v) is 10.9. The van der Waals surface area contributed by atoms with Gasteiger partial charge in [0.25, 0.3) is 0 Å². The van der Waals surface area contributed by atoms with Crippen molar-refractivity contribution in [1.82, 2.24) is 5.32 Å². The van der Waals surface area contributed by atoms with E-state index in [9.17, 15) is 19.5 Å². The Morgan fingerprint density at radius 1 is 1.03 bits per heavy atom. The normalized spacial score (nSPS) is 12.2. The van der Waals surface area contributed by atoms with Crippen LogP contribution in [0.4, 0.5) is 0 Å². The van der Waals surface area contributed by atoms with Crippen molar-refractivity contribution in [3.63, 3.8) is 0 Å². The maximum Gasteiger partial charge on any atom is 0.340 e. The highest BCUT2D eigenvalue weighted by Gasteiger charge is 2.22. The molecule has 2 N–H and O–H groups in total. The van der Waals surface area contributed by atoms with Gasteiger partial charge in [0.05, 0.1) is 12.0 Å². The number of aliphatic carboxylic acids is 1. The number of nitrogens with one attached hydrogen (secondary N) is 1. The van der Waals surface area contributed by atoms with Crippen LogP contribution in [0.3, 0.4) is 0 Å². The smallest absolute Gasteiger partial charge is 0.340 e. The van der Waals surface area contributed by atoms with E-state index >= 15 is 0 Å². The van der Waals surface area contributed by atoms with Crippen molar-refractivity contribution >= 4 is 33.8 Å². The maximum atomic E-state index is 12.7. The summed E-state index contributed by atoms with van der Waals surface area (Å²) in [7, 11) is 0. The van der Waals surface area contributed by atoms with Gasteiger partial charge in [-0.05, 0) is 37.5 Å². The van der Waals surface area contributed by atoms with Crippen LogP contribution in [-0.4, -0.2) is 23.0 Å². The van der Waals surface area contributed by atoms with Crippen molar-refractivity contribution in [3.8, 4) is 11.1 Å². The van der Waals surface area contributed by atoms with Crippen LogP contribution in [-0.2, 0) is 16.0 Å². The van der Waals surface area contributed by atoms with E-state index in [0.717, 1.165) is 22.3 Å². The number of amides is 1. The van der Waals surface area contributed by atoms with Crippen molar-refractivity contribution in [2.75, 3.05) is 0 Å². The van der Waals surface area contributed by atoms with Crippen LogP contribution in [0.1, 0.15) is 36.7 Å². The fourth-order valence-corrected chi connectivity index (χ4v) is 4.22. The molecule has 0 radical (unpaired) electrons. The molecule has 0 saturated carbocycles. The van der Waals surface area contributed by atoms with E-state index < -0.39 is 23.5 Å². The molecule has 1 atom stereocenters. The summed E-state index contributed by atoms with van der Waals surface area (Å²) in [5.74, 6) is -0.879. The summed E-state index contributed by atoms with van der Waals surface area (Å²) in [5, 5.41) is 13.4. The minimum Gasteiger partial charge on any atom is -0.480 e. The van der Waals surface area contributed by atoms with Gasteiger partial charge in [0, 0.05) is 22.4 Å². The van der Waals surface area contributed by atoms with E-state index in [2.05, 4.69) is 5.32 Å². The van der Waals surface area contributed by atoms with Gasteiger partial charge in [-0.3, -0.25) is 4.79 Å². The molecule has 2 aromatic heterocycles. The summed E-state index contributed by atoms with van der Waals surface area (Å²) < 4.78 is 11.5. The molecule has 0 bridgehead atoms. The quantitative estimate of drug-likeness (QED) is 0.396. The molecule has 0 spiro atoms. The molecule has 33 heavy (non-hydrogen) atoms. The first-order chi connectivity index (χ1) is 15.8. The molecule has 0 unspecified atom stereocenters. The standard InChI is InChI=1S/C26H25NO6/c1-4-8-20(25(29)30)27-23(28)12-18-14(2)17-11-19-22(13-21(17)33-26(18)31)32-15(3)24(19)16-9-6-5-7-10-16/h5-7,9-11,13,20H,4,8,12H2,1-3H3,(H,27,28)(H,29,30)/t20-/m0/s1. The van der Waals surface area contributed by atoms with Crippen molar-refractivity contribution < 1.29 is 23.5 Å². The number of benzene rings is 2. The molecule has 0 aliphatic heterocycles. The molecule has 7 heteroatoms. The lowest BCUT2D eigenvalue weighted by atomic mass is 9.98. The summed E-state index contributed by atoms with van der Waals surface area (Å²) in [6.45, 7) is 5.50. The third kappa shape index (κ3) is 4.26. The fraction of sp³-hybridized carbons (Fsp3) is 0.269. The van der Waals surface area contributed by atoms with E-state index in [4.69, 9.17) is 8.83 Å². The zero-order valence-corrected chi connectivity index (χ0v) is 18.7. The zero-order chi connectivity index (χ0) is 23.7. The van der Waals surface area contributed by atoms with Gasteiger partial charge in [-0.2, -0.15) is 0 Å². The number of carbonyl (C=O) groups excluding carboxylic acids is 1. The minimum atomic E-state index is -1.10. The topological polar surface area (TPSA) is 110 Å². The van der Waals surface area contributed by atoms with E-state index in [1.54, 1.807) is 13.0 Å². The molecule has 4 rings (SSSR count). The third-order valence-electron chi connectivity index (χ3n) is 5.88. The first-order valence-electron chi connectivity index (χ1n) is 10.9. The van der Waals surface area contributed by atoms with Crippen molar-refractivity contribution in [1.29, 1.82) is 0 Å². The average molecular weight is 447 g/mol. The number of aryl methyl sites for hydroxylation is 2. The molecule has 0 fully saturated rings. The van der Waals surface area contributed by atoms with E-state index in [0.29, 0.717) is 35.0 Å². The molecular weight excluding hydrogens is 422 g/mol. The predicted octanol–water partition coefficient (Wildman–Crippen LogP) is 4.74. The summed E-state index contributed by atoms with van der Waals surface area (Å²) in [5.41, 5.74) is 3.16. The third-order valence-corrected chi connectivity index (χ3v) is 5.88. The number of carboxylic acid groups (broad SMARTS) is 1. The Balaban J connectivity index is 1.78. The molecule has 1 amide bonds. The second-order valence-electron chi connectivity index (χ2n) is 8.16.